The van der Waals surface area contributed by atoms with E-state index in [-0.39, 0.29) is 18.1 Å². The van der Waals surface area contributed by atoms with Crippen LogP contribution in [0.15, 0.2) is 42.5 Å². The Labute approximate surface area is 199 Å². The van der Waals surface area contributed by atoms with Crippen LogP contribution in [0, 0.1) is 6.92 Å². The molecule has 0 heterocycles. The number of nitrogens with zero attached hydrogens (tertiary/aromatic N) is 2. The second-order valence-electron chi connectivity index (χ2n) is 7.39. The molecule has 2 aromatic carbocycles. The molecule has 0 aliphatic heterocycles. The summed E-state index contributed by atoms with van der Waals surface area (Å²) in [5.41, 5.74) is 1.82. The number of rotatable bonds is 9. The first-order valence-electron chi connectivity index (χ1n) is 9.97. The second kappa shape index (κ2) is 11.0. The summed E-state index contributed by atoms with van der Waals surface area (Å²) in [4.78, 5) is 27.3. The van der Waals surface area contributed by atoms with Crippen molar-refractivity contribution in [3.8, 4) is 0 Å². The number of likely N-dealkylation sites (N-methyl/N-ethyl adjacent to an activating group) is 1. The van der Waals surface area contributed by atoms with E-state index in [0.29, 0.717) is 16.5 Å². The molecule has 0 spiro atoms. The molecule has 2 rings (SSSR count). The summed E-state index contributed by atoms with van der Waals surface area (Å²) in [6.07, 6.45) is 1.38. The third kappa shape index (κ3) is 6.60. The number of aryl methyl sites for hydroxylation is 1. The van der Waals surface area contributed by atoms with Crippen LogP contribution in [-0.4, -0.2) is 51.0 Å². The summed E-state index contributed by atoms with van der Waals surface area (Å²) in [5.74, 6) is -0.850. The highest BCUT2D eigenvalue weighted by molar-refractivity contribution is 7.92. The van der Waals surface area contributed by atoms with Crippen LogP contribution in [0.25, 0.3) is 0 Å². The molecule has 10 heteroatoms. The monoisotopic (exact) mass is 499 g/mol. The molecule has 0 bridgehead atoms. The lowest BCUT2D eigenvalue weighted by atomic mass is 10.1. The third-order valence-electron chi connectivity index (χ3n) is 5.02. The minimum atomic E-state index is -3.80. The predicted molar refractivity (Wildman–Crippen MR) is 129 cm³/mol. The molecule has 0 aliphatic rings. The maximum Gasteiger partial charge on any atom is 0.244 e. The number of anilines is 1. The number of carbonyl (C=O) groups excluding carboxylic acids is 2. The normalized spacial score (nSPS) is 12.2. The van der Waals surface area contributed by atoms with Gasteiger partial charge in [-0.05, 0) is 48.7 Å². The lowest BCUT2D eigenvalue weighted by Gasteiger charge is -2.32. The van der Waals surface area contributed by atoms with Crippen LogP contribution in [0.4, 0.5) is 5.69 Å². The molecule has 0 radical (unpaired) electrons. The number of halogens is 2. The molecule has 0 saturated carbocycles. The molecule has 7 nitrogen and oxygen atoms in total. The van der Waals surface area contributed by atoms with Crippen LogP contribution < -0.4 is 9.62 Å². The zero-order valence-electron chi connectivity index (χ0n) is 18.4. The number of hydrogen-bond acceptors (Lipinski definition) is 4. The van der Waals surface area contributed by atoms with Crippen molar-refractivity contribution in [1.82, 2.24) is 10.2 Å². The Hall–Kier alpha value is -2.29. The highest BCUT2D eigenvalue weighted by Gasteiger charge is 2.31. The zero-order valence-corrected chi connectivity index (χ0v) is 20.8. The van der Waals surface area contributed by atoms with Gasteiger partial charge in [-0.3, -0.25) is 13.9 Å². The SMILES string of the molecule is CC[C@@H](C(=O)NC)N(Cc1ccc(Cl)cc1)C(=O)CN(c1ccc(C)c(Cl)c1)S(C)(=O)=O. The highest BCUT2D eigenvalue weighted by Crippen LogP contribution is 2.25. The van der Waals surface area contributed by atoms with E-state index in [1.807, 2.05) is 0 Å². The van der Waals surface area contributed by atoms with E-state index in [9.17, 15) is 18.0 Å². The zero-order chi connectivity index (χ0) is 24.1. The van der Waals surface area contributed by atoms with Crippen LogP contribution >= 0.6 is 23.2 Å². The van der Waals surface area contributed by atoms with Gasteiger partial charge in [0, 0.05) is 23.6 Å². The van der Waals surface area contributed by atoms with Crippen molar-refractivity contribution >= 4 is 50.7 Å². The van der Waals surface area contributed by atoms with Crippen molar-refractivity contribution in [2.24, 2.45) is 0 Å². The third-order valence-corrected chi connectivity index (χ3v) is 6.82. The summed E-state index contributed by atoms with van der Waals surface area (Å²) in [5, 5.41) is 3.51. The largest absolute Gasteiger partial charge is 0.357 e. The molecular formula is C22H27Cl2N3O4S. The quantitative estimate of drug-likeness (QED) is 0.570. The molecule has 1 N–H and O–H groups in total. The average Bonchev–Trinajstić information content (AvgIpc) is 2.74. The van der Waals surface area contributed by atoms with E-state index in [1.54, 1.807) is 50.2 Å². The minimum Gasteiger partial charge on any atom is -0.357 e. The van der Waals surface area contributed by atoms with Crippen molar-refractivity contribution in [2.45, 2.75) is 32.9 Å². The van der Waals surface area contributed by atoms with E-state index in [2.05, 4.69) is 5.32 Å². The predicted octanol–water partition coefficient (Wildman–Crippen LogP) is 3.62. The van der Waals surface area contributed by atoms with Gasteiger partial charge < -0.3 is 10.2 Å². The van der Waals surface area contributed by atoms with Crippen LogP contribution in [0.2, 0.25) is 10.0 Å². The summed E-state index contributed by atoms with van der Waals surface area (Å²) < 4.78 is 26.1. The van der Waals surface area contributed by atoms with Gasteiger partial charge in [0.15, 0.2) is 0 Å². The molecule has 32 heavy (non-hydrogen) atoms. The molecule has 0 aromatic heterocycles. The van der Waals surface area contributed by atoms with Crippen molar-refractivity contribution in [1.29, 1.82) is 0 Å². The number of carbonyl (C=O) groups is 2. The molecule has 2 aromatic rings. The Kier molecular flexibility index (Phi) is 8.95. The number of benzene rings is 2. The van der Waals surface area contributed by atoms with E-state index in [0.717, 1.165) is 21.7 Å². The van der Waals surface area contributed by atoms with Gasteiger partial charge in [-0.2, -0.15) is 0 Å². The van der Waals surface area contributed by atoms with E-state index < -0.39 is 28.5 Å². The van der Waals surface area contributed by atoms with Crippen molar-refractivity contribution in [3.05, 3.63) is 63.6 Å². The average molecular weight is 500 g/mol. The van der Waals surface area contributed by atoms with Crippen LogP contribution in [-0.2, 0) is 26.2 Å². The van der Waals surface area contributed by atoms with Gasteiger partial charge in [0.05, 0.1) is 11.9 Å². The van der Waals surface area contributed by atoms with Crippen LogP contribution in [0.3, 0.4) is 0 Å². The molecule has 1 atom stereocenters. The van der Waals surface area contributed by atoms with Crippen LogP contribution in [0.5, 0.6) is 0 Å². The summed E-state index contributed by atoms with van der Waals surface area (Å²) >= 11 is 12.1. The lowest BCUT2D eigenvalue weighted by molar-refractivity contribution is -0.140. The van der Waals surface area contributed by atoms with Gasteiger partial charge in [0.1, 0.15) is 12.6 Å². The number of nitrogens with one attached hydrogen (secondary N) is 1. The number of hydrogen-bond donors (Lipinski definition) is 1. The van der Waals surface area contributed by atoms with Gasteiger partial charge in [-0.15, -0.1) is 0 Å². The smallest absolute Gasteiger partial charge is 0.244 e. The Balaban J connectivity index is 2.43. The summed E-state index contributed by atoms with van der Waals surface area (Å²) in [7, 11) is -2.31. The first kappa shape index (κ1) is 26.0. The molecule has 2 amide bonds. The van der Waals surface area contributed by atoms with Gasteiger partial charge >= 0.3 is 0 Å². The van der Waals surface area contributed by atoms with Gasteiger partial charge in [0.2, 0.25) is 21.8 Å². The topological polar surface area (TPSA) is 86.8 Å². The lowest BCUT2D eigenvalue weighted by Crippen LogP contribution is -2.51. The Morgan fingerprint density at radius 1 is 1.09 bits per heavy atom. The number of amides is 2. The molecular weight excluding hydrogens is 473 g/mol. The molecule has 0 unspecified atom stereocenters. The Bertz CT molecular complexity index is 1080. The fourth-order valence-electron chi connectivity index (χ4n) is 3.22. The fraction of sp³-hybridized carbons (Fsp3) is 0.364. The molecule has 0 saturated heterocycles. The first-order chi connectivity index (χ1) is 15.0. The Morgan fingerprint density at radius 3 is 2.22 bits per heavy atom. The van der Waals surface area contributed by atoms with Crippen LogP contribution in [0.1, 0.15) is 24.5 Å². The fourth-order valence-corrected chi connectivity index (χ4v) is 4.37. The molecule has 0 aliphatic carbocycles. The number of sulfonamides is 1. The van der Waals surface area contributed by atoms with E-state index in [4.69, 9.17) is 23.2 Å². The van der Waals surface area contributed by atoms with Crippen molar-refractivity contribution in [3.63, 3.8) is 0 Å². The van der Waals surface area contributed by atoms with Crippen molar-refractivity contribution in [2.75, 3.05) is 24.2 Å². The van der Waals surface area contributed by atoms with Gasteiger partial charge in [-0.25, -0.2) is 8.42 Å². The molecule has 174 valence electrons. The standard InChI is InChI=1S/C22H27Cl2N3O4S/c1-5-20(22(29)25-3)26(13-16-7-9-17(23)10-8-16)21(28)14-27(32(4,30)31)18-11-6-15(2)19(24)12-18/h6-12,20H,5,13-14H2,1-4H3,(H,25,29)/t20-/m0/s1. The Morgan fingerprint density at radius 2 is 1.72 bits per heavy atom. The highest BCUT2D eigenvalue weighted by atomic mass is 35.5. The summed E-state index contributed by atoms with van der Waals surface area (Å²) in [6.45, 7) is 3.23. The van der Waals surface area contributed by atoms with E-state index >= 15 is 0 Å². The second-order valence-corrected chi connectivity index (χ2v) is 10.1. The summed E-state index contributed by atoms with van der Waals surface area (Å²) in [6, 6.07) is 10.9. The maximum absolute atomic E-state index is 13.4. The van der Waals surface area contributed by atoms with Crippen molar-refractivity contribution < 1.29 is 18.0 Å². The molecule has 0 fully saturated rings. The first-order valence-corrected chi connectivity index (χ1v) is 12.6. The van der Waals surface area contributed by atoms with E-state index in [1.165, 1.54) is 18.0 Å². The minimum absolute atomic E-state index is 0.119. The maximum atomic E-state index is 13.4. The van der Waals surface area contributed by atoms with Gasteiger partial charge in [0.25, 0.3) is 0 Å². The van der Waals surface area contributed by atoms with Gasteiger partial charge in [-0.1, -0.05) is 48.3 Å².